The van der Waals surface area contributed by atoms with Crippen molar-refractivity contribution in [2.24, 2.45) is 11.5 Å². The van der Waals surface area contributed by atoms with Gasteiger partial charge in [-0.2, -0.15) is 0 Å². The molecule has 1 aliphatic heterocycles. The average molecular weight is 215 g/mol. The second-order valence-electron chi connectivity index (χ2n) is 4.01. The minimum atomic E-state index is 0.632. The molecule has 1 heterocycles. The van der Waals surface area contributed by atoms with Crippen molar-refractivity contribution in [2.75, 3.05) is 52.4 Å². The van der Waals surface area contributed by atoms with Crippen molar-refractivity contribution in [1.29, 1.82) is 0 Å². The van der Waals surface area contributed by atoms with Crippen LogP contribution in [0.1, 0.15) is 6.42 Å². The summed E-state index contributed by atoms with van der Waals surface area (Å²) in [5.41, 5.74) is 11.0. The highest BCUT2D eigenvalue weighted by Gasteiger charge is 2.20. The Morgan fingerprint density at radius 1 is 1.27 bits per heavy atom. The number of nitrogens with zero attached hydrogens (tertiary/aromatic N) is 1. The Bertz CT molecular complexity index is 151. The first-order chi connectivity index (χ1) is 7.38. The average Bonchev–Trinajstić information content (AvgIpc) is 2.27. The topological polar surface area (TPSA) is 79.3 Å². The minimum absolute atomic E-state index is 0.632. The van der Waals surface area contributed by atoms with E-state index in [2.05, 4.69) is 15.5 Å². The van der Waals surface area contributed by atoms with Crippen molar-refractivity contribution >= 4 is 0 Å². The summed E-state index contributed by atoms with van der Waals surface area (Å²) in [5.74, 6) is 0. The highest BCUT2D eigenvalue weighted by Crippen LogP contribution is 2.05. The van der Waals surface area contributed by atoms with Gasteiger partial charge in [0.05, 0.1) is 0 Å². The molecule has 6 N–H and O–H groups in total. The van der Waals surface area contributed by atoms with E-state index in [1.165, 1.54) is 6.42 Å². The quantitative estimate of drug-likeness (QED) is 0.375. The van der Waals surface area contributed by atoms with Crippen LogP contribution in [-0.4, -0.2) is 63.3 Å². The van der Waals surface area contributed by atoms with Crippen LogP contribution in [0.5, 0.6) is 0 Å². The molecule has 1 rings (SSSR count). The van der Waals surface area contributed by atoms with Gasteiger partial charge in [0.2, 0.25) is 0 Å². The van der Waals surface area contributed by atoms with Crippen molar-refractivity contribution in [3.05, 3.63) is 0 Å². The largest absolute Gasteiger partial charge is 0.329 e. The van der Waals surface area contributed by atoms with Gasteiger partial charge in [0.15, 0.2) is 0 Å². The van der Waals surface area contributed by atoms with Crippen LogP contribution in [0.15, 0.2) is 0 Å². The molecule has 1 saturated heterocycles. The zero-order valence-corrected chi connectivity index (χ0v) is 9.54. The summed E-state index contributed by atoms with van der Waals surface area (Å²) in [4.78, 5) is 2.49. The first-order valence-corrected chi connectivity index (χ1v) is 5.94. The molecule has 90 valence electrons. The van der Waals surface area contributed by atoms with Crippen LogP contribution in [0, 0.1) is 0 Å². The number of hydrogen-bond acceptors (Lipinski definition) is 5. The van der Waals surface area contributed by atoms with Gasteiger partial charge in [-0.1, -0.05) is 0 Å². The molecular weight excluding hydrogens is 190 g/mol. The van der Waals surface area contributed by atoms with Gasteiger partial charge >= 0.3 is 0 Å². The number of piperazine rings is 1. The van der Waals surface area contributed by atoms with Crippen molar-refractivity contribution in [2.45, 2.75) is 12.5 Å². The number of nitrogens with one attached hydrogen (secondary N) is 2. The molecule has 0 aromatic rings. The third-order valence-electron chi connectivity index (χ3n) is 2.86. The van der Waals surface area contributed by atoms with E-state index >= 15 is 0 Å². The maximum atomic E-state index is 5.60. The van der Waals surface area contributed by atoms with Crippen LogP contribution in [-0.2, 0) is 0 Å². The van der Waals surface area contributed by atoms with Gasteiger partial charge in [-0.15, -0.1) is 0 Å². The summed E-state index contributed by atoms with van der Waals surface area (Å²) < 4.78 is 0. The maximum absolute atomic E-state index is 5.60. The molecule has 0 amide bonds. The fraction of sp³-hybridized carbons (Fsp3) is 1.00. The van der Waals surface area contributed by atoms with E-state index in [-0.39, 0.29) is 0 Å². The third kappa shape index (κ3) is 4.90. The second-order valence-corrected chi connectivity index (χ2v) is 4.01. The van der Waals surface area contributed by atoms with Crippen LogP contribution in [0.25, 0.3) is 0 Å². The first kappa shape index (κ1) is 12.9. The van der Waals surface area contributed by atoms with Crippen LogP contribution in [0.2, 0.25) is 0 Å². The molecule has 1 atom stereocenters. The molecule has 0 aromatic heterocycles. The van der Waals surface area contributed by atoms with Gasteiger partial charge < -0.3 is 22.1 Å². The fourth-order valence-corrected chi connectivity index (χ4v) is 2.04. The smallest absolute Gasteiger partial charge is 0.0233 e. The standard InChI is InChI=1S/C10H25N5/c11-2-5-13-4-1-10-9-14-6-8-15(10)7-3-12/h10,13-14H,1-9,11-12H2. The zero-order chi connectivity index (χ0) is 10.9. The molecule has 0 aliphatic carbocycles. The molecule has 0 radical (unpaired) electrons. The summed E-state index contributed by atoms with van der Waals surface area (Å²) in [6.45, 7) is 7.75. The summed E-state index contributed by atoms with van der Waals surface area (Å²) >= 11 is 0. The molecule has 1 unspecified atom stereocenters. The Labute approximate surface area is 92.6 Å². The lowest BCUT2D eigenvalue weighted by Crippen LogP contribution is -2.53. The Morgan fingerprint density at radius 3 is 2.87 bits per heavy atom. The van der Waals surface area contributed by atoms with Crippen molar-refractivity contribution < 1.29 is 0 Å². The lowest BCUT2D eigenvalue weighted by molar-refractivity contribution is 0.157. The fourth-order valence-electron chi connectivity index (χ4n) is 2.04. The molecule has 0 bridgehead atoms. The molecule has 0 saturated carbocycles. The Kier molecular flexibility index (Phi) is 6.87. The lowest BCUT2D eigenvalue weighted by atomic mass is 10.1. The van der Waals surface area contributed by atoms with Gasteiger partial charge in [-0.3, -0.25) is 4.90 Å². The van der Waals surface area contributed by atoms with E-state index in [4.69, 9.17) is 11.5 Å². The summed E-state index contributed by atoms with van der Waals surface area (Å²) in [7, 11) is 0. The van der Waals surface area contributed by atoms with Crippen molar-refractivity contribution in [1.82, 2.24) is 15.5 Å². The van der Waals surface area contributed by atoms with E-state index in [0.29, 0.717) is 6.04 Å². The van der Waals surface area contributed by atoms with Gasteiger partial charge in [0, 0.05) is 51.9 Å². The monoisotopic (exact) mass is 215 g/mol. The molecule has 0 aromatic carbocycles. The molecule has 15 heavy (non-hydrogen) atoms. The molecule has 5 heteroatoms. The number of nitrogens with two attached hydrogens (primary N) is 2. The molecule has 5 nitrogen and oxygen atoms in total. The van der Waals surface area contributed by atoms with Gasteiger partial charge in [0.1, 0.15) is 0 Å². The highest BCUT2D eigenvalue weighted by molar-refractivity contribution is 4.80. The van der Waals surface area contributed by atoms with Crippen molar-refractivity contribution in [3.63, 3.8) is 0 Å². The van der Waals surface area contributed by atoms with Gasteiger partial charge in [-0.25, -0.2) is 0 Å². The van der Waals surface area contributed by atoms with E-state index in [9.17, 15) is 0 Å². The molecule has 1 fully saturated rings. The Morgan fingerprint density at radius 2 is 2.13 bits per heavy atom. The highest BCUT2D eigenvalue weighted by atomic mass is 15.2. The summed E-state index contributed by atoms with van der Waals surface area (Å²) in [6.07, 6.45) is 1.17. The van der Waals surface area contributed by atoms with E-state index in [1.807, 2.05) is 0 Å². The van der Waals surface area contributed by atoms with Gasteiger partial charge in [-0.05, 0) is 13.0 Å². The Balaban J connectivity index is 2.17. The summed E-state index contributed by atoms with van der Waals surface area (Å²) in [5, 5.41) is 6.76. The van der Waals surface area contributed by atoms with E-state index in [0.717, 1.165) is 52.4 Å². The molecular formula is C10H25N5. The zero-order valence-electron chi connectivity index (χ0n) is 9.54. The van der Waals surface area contributed by atoms with Crippen molar-refractivity contribution in [3.8, 4) is 0 Å². The van der Waals surface area contributed by atoms with Crippen LogP contribution in [0.3, 0.4) is 0 Å². The maximum Gasteiger partial charge on any atom is 0.0233 e. The van der Waals surface area contributed by atoms with E-state index < -0.39 is 0 Å². The van der Waals surface area contributed by atoms with E-state index in [1.54, 1.807) is 0 Å². The third-order valence-corrected chi connectivity index (χ3v) is 2.86. The SMILES string of the molecule is NCCNCCC1CNCCN1CCN. The predicted molar refractivity (Wildman–Crippen MR) is 63.8 cm³/mol. The lowest BCUT2D eigenvalue weighted by Gasteiger charge is -2.36. The Hall–Kier alpha value is -0.200. The van der Waals surface area contributed by atoms with Crippen LogP contribution in [0.4, 0.5) is 0 Å². The number of hydrogen-bond donors (Lipinski definition) is 4. The molecule has 0 spiro atoms. The first-order valence-electron chi connectivity index (χ1n) is 5.94. The summed E-state index contributed by atoms with van der Waals surface area (Å²) in [6, 6.07) is 0.632. The molecule has 1 aliphatic rings. The minimum Gasteiger partial charge on any atom is -0.329 e. The normalized spacial score (nSPS) is 23.2. The number of rotatable bonds is 7. The van der Waals surface area contributed by atoms with Crippen LogP contribution < -0.4 is 22.1 Å². The second kappa shape index (κ2) is 8.01. The predicted octanol–water partition coefficient (Wildman–Crippen LogP) is -1.84. The van der Waals surface area contributed by atoms with Gasteiger partial charge in [0.25, 0.3) is 0 Å². The van der Waals surface area contributed by atoms with Crippen LogP contribution >= 0.6 is 0 Å².